The fraction of sp³-hybridized carbons (Fsp3) is 0.765. The van der Waals surface area contributed by atoms with E-state index in [1.54, 1.807) is 0 Å². The molecule has 1 aliphatic carbocycles. The number of rotatable bonds is 7. The molecule has 0 amide bonds. The Balaban J connectivity index is 2.01. The molecule has 3 unspecified atom stereocenters. The molecule has 21 heavy (non-hydrogen) atoms. The topological polar surface area (TPSA) is 37.8 Å². The quantitative estimate of drug-likeness (QED) is 0.766. The van der Waals surface area contributed by atoms with E-state index >= 15 is 0 Å². The number of nitrogens with one attached hydrogen (secondary N) is 1. The molecular weight excluding hydrogens is 278 g/mol. The van der Waals surface area contributed by atoms with E-state index in [4.69, 9.17) is 0 Å². The van der Waals surface area contributed by atoms with E-state index in [9.17, 15) is 0 Å². The van der Waals surface area contributed by atoms with Gasteiger partial charge in [0.1, 0.15) is 0 Å². The zero-order valence-corrected chi connectivity index (χ0v) is 14.5. The van der Waals surface area contributed by atoms with Crippen LogP contribution in [0, 0.1) is 12.8 Å². The van der Waals surface area contributed by atoms with Crippen molar-refractivity contribution in [2.75, 3.05) is 6.54 Å². The van der Waals surface area contributed by atoms with Crippen molar-refractivity contribution in [1.82, 2.24) is 15.3 Å². The van der Waals surface area contributed by atoms with Gasteiger partial charge < -0.3 is 5.32 Å². The van der Waals surface area contributed by atoms with Crippen molar-refractivity contribution in [1.29, 1.82) is 0 Å². The van der Waals surface area contributed by atoms with Crippen LogP contribution >= 0.6 is 11.8 Å². The van der Waals surface area contributed by atoms with Gasteiger partial charge in [0.2, 0.25) is 0 Å². The van der Waals surface area contributed by atoms with Crippen molar-refractivity contribution < 1.29 is 0 Å². The second-order valence-electron chi connectivity index (χ2n) is 6.17. The van der Waals surface area contributed by atoms with Crippen molar-refractivity contribution in [2.24, 2.45) is 5.92 Å². The highest BCUT2D eigenvalue weighted by Gasteiger charge is 2.31. The lowest BCUT2D eigenvalue weighted by molar-refractivity contribution is 0.287. The summed E-state index contributed by atoms with van der Waals surface area (Å²) >= 11 is 1.88. The summed E-state index contributed by atoms with van der Waals surface area (Å²) in [5.74, 6) is 0.886. The highest BCUT2D eigenvalue weighted by atomic mass is 32.2. The van der Waals surface area contributed by atoms with E-state index in [1.165, 1.54) is 38.5 Å². The molecule has 4 heteroatoms. The van der Waals surface area contributed by atoms with Crippen molar-refractivity contribution in [3.63, 3.8) is 0 Å². The van der Waals surface area contributed by atoms with Gasteiger partial charge >= 0.3 is 0 Å². The summed E-state index contributed by atoms with van der Waals surface area (Å²) in [7, 11) is 0. The predicted octanol–water partition coefficient (Wildman–Crippen LogP) is 4.21. The highest BCUT2D eigenvalue weighted by molar-refractivity contribution is 7.99. The summed E-state index contributed by atoms with van der Waals surface area (Å²) in [6.07, 6.45) is 9.73. The summed E-state index contributed by atoms with van der Waals surface area (Å²) < 4.78 is 0. The van der Waals surface area contributed by atoms with Crippen LogP contribution in [0.3, 0.4) is 0 Å². The third kappa shape index (κ3) is 5.26. The van der Waals surface area contributed by atoms with E-state index in [-0.39, 0.29) is 0 Å². The van der Waals surface area contributed by atoms with Crippen LogP contribution in [0.5, 0.6) is 0 Å². The lowest BCUT2D eigenvalue weighted by atomic mass is 9.83. The minimum Gasteiger partial charge on any atom is -0.313 e. The predicted molar refractivity (Wildman–Crippen MR) is 90.7 cm³/mol. The largest absolute Gasteiger partial charge is 0.313 e. The van der Waals surface area contributed by atoms with E-state index in [2.05, 4.69) is 29.1 Å². The van der Waals surface area contributed by atoms with Gasteiger partial charge in [0, 0.05) is 23.2 Å². The summed E-state index contributed by atoms with van der Waals surface area (Å²) in [5.41, 5.74) is 1.06. The van der Waals surface area contributed by atoms with Crippen molar-refractivity contribution in [2.45, 2.75) is 75.7 Å². The Bertz CT molecular complexity index is 424. The molecule has 0 aromatic carbocycles. The van der Waals surface area contributed by atoms with Crippen LogP contribution in [0.25, 0.3) is 0 Å². The first-order valence-corrected chi connectivity index (χ1v) is 9.30. The van der Waals surface area contributed by atoms with Gasteiger partial charge in [0.25, 0.3) is 0 Å². The van der Waals surface area contributed by atoms with Crippen LogP contribution in [0.1, 0.15) is 58.1 Å². The number of thioether (sulfide) groups is 1. The number of hydrogen-bond donors (Lipinski definition) is 1. The van der Waals surface area contributed by atoms with Gasteiger partial charge in [-0.1, -0.05) is 38.5 Å². The maximum atomic E-state index is 4.58. The molecule has 0 saturated heterocycles. The number of aryl methyl sites for hydroxylation is 1. The second kappa shape index (κ2) is 8.74. The van der Waals surface area contributed by atoms with Crippen LogP contribution in [0.15, 0.2) is 17.4 Å². The molecule has 1 heterocycles. The monoisotopic (exact) mass is 307 g/mol. The molecular formula is C17H29N3S. The molecule has 2 rings (SSSR count). The van der Waals surface area contributed by atoms with Crippen molar-refractivity contribution in [3.05, 3.63) is 18.0 Å². The fourth-order valence-corrected chi connectivity index (χ4v) is 4.55. The van der Waals surface area contributed by atoms with Gasteiger partial charge in [-0.05, 0) is 51.1 Å². The molecule has 118 valence electrons. The Morgan fingerprint density at radius 1 is 1.29 bits per heavy atom. The van der Waals surface area contributed by atoms with E-state index in [0.29, 0.717) is 11.3 Å². The average Bonchev–Trinajstić information content (AvgIpc) is 2.47. The molecule has 0 spiro atoms. The van der Waals surface area contributed by atoms with Gasteiger partial charge in [0.15, 0.2) is 5.16 Å². The molecule has 0 radical (unpaired) electrons. The van der Waals surface area contributed by atoms with Crippen LogP contribution < -0.4 is 5.32 Å². The Labute approximate surface area is 133 Å². The van der Waals surface area contributed by atoms with Gasteiger partial charge in [-0.3, -0.25) is 0 Å². The fourth-order valence-electron chi connectivity index (χ4n) is 3.19. The number of hydrogen-bond acceptors (Lipinski definition) is 4. The maximum Gasteiger partial charge on any atom is 0.188 e. The number of aromatic nitrogens is 2. The minimum absolute atomic E-state index is 0.614. The van der Waals surface area contributed by atoms with E-state index in [1.807, 2.05) is 30.9 Å². The molecule has 1 N–H and O–H groups in total. The van der Waals surface area contributed by atoms with Gasteiger partial charge in [-0.25, -0.2) is 9.97 Å². The third-order valence-electron chi connectivity index (χ3n) is 4.28. The molecule has 1 aromatic heterocycles. The van der Waals surface area contributed by atoms with Gasteiger partial charge in [-0.15, -0.1) is 0 Å². The van der Waals surface area contributed by atoms with Gasteiger partial charge in [0.05, 0.1) is 0 Å². The standard InChI is InChI=1S/C17H29N3S/c1-4-6-14-7-8-15(18-10-5-2)16(12-14)21-17-19-11-9-13(3)20-17/h9,11,14-16,18H,4-8,10,12H2,1-3H3. The van der Waals surface area contributed by atoms with Crippen molar-refractivity contribution >= 4 is 11.8 Å². The Hall–Kier alpha value is -0.610. The molecule has 0 bridgehead atoms. The molecule has 3 atom stereocenters. The molecule has 0 aliphatic heterocycles. The molecule has 1 saturated carbocycles. The van der Waals surface area contributed by atoms with Gasteiger partial charge in [-0.2, -0.15) is 0 Å². The number of nitrogens with zero attached hydrogens (tertiary/aromatic N) is 2. The van der Waals surface area contributed by atoms with E-state index < -0.39 is 0 Å². The maximum absolute atomic E-state index is 4.58. The molecule has 1 aromatic rings. The molecule has 3 nitrogen and oxygen atoms in total. The lowest BCUT2D eigenvalue weighted by Gasteiger charge is -2.36. The van der Waals surface area contributed by atoms with Crippen LogP contribution in [-0.4, -0.2) is 27.8 Å². The lowest BCUT2D eigenvalue weighted by Crippen LogP contribution is -2.43. The molecule has 1 fully saturated rings. The summed E-state index contributed by atoms with van der Waals surface area (Å²) in [6.45, 7) is 7.70. The average molecular weight is 308 g/mol. The summed E-state index contributed by atoms with van der Waals surface area (Å²) in [6, 6.07) is 2.59. The normalized spacial score (nSPS) is 26.0. The highest BCUT2D eigenvalue weighted by Crippen LogP contribution is 2.37. The molecule has 1 aliphatic rings. The third-order valence-corrected chi connectivity index (χ3v) is 5.51. The first-order chi connectivity index (χ1) is 10.2. The minimum atomic E-state index is 0.614. The SMILES string of the molecule is CCCNC1CCC(CCC)CC1Sc1nccc(C)n1. The summed E-state index contributed by atoms with van der Waals surface area (Å²) in [5, 5.41) is 5.30. The first kappa shape index (κ1) is 16.8. The van der Waals surface area contributed by atoms with Crippen LogP contribution in [-0.2, 0) is 0 Å². The first-order valence-electron chi connectivity index (χ1n) is 8.42. The Morgan fingerprint density at radius 2 is 2.14 bits per heavy atom. The second-order valence-corrected chi connectivity index (χ2v) is 7.37. The zero-order chi connectivity index (χ0) is 15.1. The Kier molecular flexibility index (Phi) is 6.97. The van der Waals surface area contributed by atoms with Crippen LogP contribution in [0.4, 0.5) is 0 Å². The zero-order valence-electron chi connectivity index (χ0n) is 13.6. The van der Waals surface area contributed by atoms with Crippen LogP contribution in [0.2, 0.25) is 0 Å². The van der Waals surface area contributed by atoms with Crippen molar-refractivity contribution in [3.8, 4) is 0 Å². The Morgan fingerprint density at radius 3 is 2.86 bits per heavy atom. The summed E-state index contributed by atoms with van der Waals surface area (Å²) in [4.78, 5) is 9.02. The smallest absolute Gasteiger partial charge is 0.188 e. The van der Waals surface area contributed by atoms with E-state index in [0.717, 1.165) is 23.3 Å².